The van der Waals surface area contributed by atoms with Gasteiger partial charge in [-0.1, -0.05) is 15.9 Å². The van der Waals surface area contributed by atoms with E-state index in [1.54, 1.807) is 0 Å². The van der Waals surface area contributed by atoms with Gasteiger partial charge in [0.05, 0.1) is 6.61 Å². The van der Waals surface area contributed by atoms with Gasteiger partial charge in [0, 0.05) is 22.3 Å². The van der Waals surface area contributed by atoms with Gasteiger partial charge in [-0.2, -0.15) is 0 Å². The van der Waals surface area contributed by atoms with Crippen molar-refractivity contribution in [2.24, 2.45) is 0 Å². The zero-order valence-electron chi connectivity index (χ0n) is 9.63. The molecule has 0 aliphatic carbocycles. The Hall–Kier alpha value is -1.29. The van der Waals surface area contributed by atoms with Crippen molar-refractivity contribution >= 4 is 33.7 Å². The first-order valence-electron chi connectivity index (χ1n) is 5.62. The maximum absolute atomic E-state index is 11.7. The molecule has 0 saturated heterocycles. The minimum absolute atomic E-state index is 0.220. The normalized spacial score (nSPS) is 14.1. The molecule has 90 valence electrons. The highest BCUT2D eigenvalue weighted by Gasteiger charge is 2.15. The molecule has 3 nitrogen and oxygen atoms in total. The van der Waals surface area contributed by atoms with Crippen LogP contribution in [0.25, 0.3) is 6.08 Å². The van der Waals surface area contributed by atoms with E-state index < -0.39 is 0 Å². The summed E-state index contributed by atoms with van der Waals surface area (Å²) in [5, 5.41) is 3.30. The molecular formula is C13H14BrNO2. The minimum atomic E-state index is -0.220. The van der Waals surface area contributed by atoms with Gasteiger partial charge in [0.1, 0.15) is 0 Å². The maximum atomic E-state index is 11.7. The number of rotatable bonds is 2. The van der Waals surface area contributed by atoms with Gasteiger partial charge in [0.15, 0.2) is 0 Å². The molecule has 0 radical (unpaired) electrons. The zero-order valence-corrected chi connectivity index (χ0v) is 11.2. The summed E-state index contributed by atoms with van der Waals surface area (Å²) in [6.07, 6.45) is 2.59. The molecule has 17 heavy (non-hydrogen) atoms. The predicted molar refractivity (Wildman–Crippen MR) is 71.9 cm³/mol. The van der Waals surface area contributed by atoms with Gasteiger partial charge in [0.2, 0.25) is 0 Å². The Balaban J connectivity index is 2.34. The molecule has 0 saturated carbocycles. The van der Waals surface area contributed by atoms with E-state index in [0.29, 0.717) is 13.0 Å². The summed E-state index contributed by atoms with van der Waals surface area (Å²) in [7, 11) is 0. The lowest BCUT2D eigenvalue weighted by molar-refractivity contribution is -0.138. The van der Waals surface area contributed by atoms with Crippen molar-refractivity contribution < 1.29 is 9.53 Å². The van der Waals surface area contributed by atoms with E-state index in [9.17, 15) is 4.79 Å². The van der Waals surface area contributed by atoms with Gasteiger partial charge in [-0.15, -0.1) is 0 Å². The van der Waals surface area contributed by atoms with Crippen molar-refractivity contribution in [3.8, 4) is 0 Å². The van der Waals surface area contributed by atoms with Crippen LogP contribution in [0.2, 0.25) is 0 Å². The number of ether oxygens (including phenoxy) is 1. The summed E-state index contributed by atoms with van der Waals surface area (Å²) < 4.78 is 6.03. The molecule has 0 amide bonds. The third-order valence-corrected chi connectivity index (χ3v) is 3.08. The first-order valence-corrected chi connectivity index (χ1v) is 6.41. The van der Waals surface area contributed by atoms with Crippen LogP contribution in [0.15, 0.2) is 28.2 Å². The molecule has 0 atom stereocenters. The number of carbonyl (C=O) groups is 1. The van der Waals surface area contributed by atoms with E-state index in [1.807, 2.05) is 31.2 Å². The molecule has 2 rings (SSSR count). The van der Waals surface area contributed by atoms with E-state index in [2.05, 4.69) is 21.2 Å². The molecular weight excluding hydrogens is 282 g/mol. The van der Waals surface area contributed by atoms with Crippen molar-refractivity contribution in [2.75, 3.05) is 18.5 Å². The molecule has 0 spiro atoms. The number of hydrogen-bond donors (Lipinski definition) is 1. The lowest BCUT2D eigenvalue weighted by Crippen LogP contribution is -2.09. The molecule has 1 aliphatic heterocycles. The van der Waals surface area contributed by atoms with Crippen LogP contribution in [0.1, 0.15) is 18.9 Å². The number of anilines is 1. The molecule has 1 heterocycles. The molecule has 0 unspecified atom stereocenters. The van der Waals surface area contributed by atoms with Crippen molar-refractivity contribution in [1.82, 2.24) is 0 Å². The Morgan fingerprint density at radius 1 is 1.53 bits per heavy atom. The van der Waals surface area contributed by atoms with Gasteiger partial charge >= 0.3 is 5.97 Å². The molecule has 0 bridgehead atoms. The smallest absolute Gasteiger partial charge is 0.334 e. The molecule has 1 aromatic carbocycles. The second-order valence-electron chi connectivity index (χ2n) is 3.80. The highest BCUT2D eigenvalue weighted by atomic mass is 79.9. The van der Waals surface area contributed by atoms with Crippen molar-refractivity contribution in [3.63, 3.8) is 0 Å². The summed E-state index contributed by atoms with van der Waals surface area (Å²) in [6, 6.07) is 5.98. The van der Waals surface area contributed by atoms with Crippen LogP contribution >= 0.6 is 15.9 Å². The Labute approximate surface area is 109 Å². The Morgan fingerprint density at radius 2 is 2.35 bits per heavy atom. The fraction of sp³-hybridized carbons (Fsp3) is 0.308. The van der Waals surface area contributed by atoms with E-state index in [0.717, 1.165) is 27.8 Å². The highest BCUT2D eigenvalue weighted by molar-refractivity contribution is 9.10. The fourth-order valence-corrected chi connectivity index (χ4v) is 2.17. The number of halogens is 1. The quantitative estimate of drug-likeness (QED) is 0.852. The van der Waals surface area contributed by atoms with Crippen LogP contribution < -0.4 is 5.32 Å². The average Bonchev–Trinajstić information content (AvgIpc) is 2.50. The van der Waals surface area contributed by atoms with E-state index in [-0.39, 0.29) is 5.97 Å². The summed E-state index contributed by atoms with van der Waals surface area (Å²) in [4.78, 5) is 11.7. The van der Waals surface area contributed by atoms with Gasteiger partial charge in [-0.3, -0.25) is 0 Å². The summed E-state index contributed by atoms with van der Waals surface area (Å²) in [5.41, 5.74) is 2.78. The number of esters is 1. The number of fused-ring (bicyclic) bond motifs is 1. The standard InChI is InChI=1S/C13H14BrNO2/c1-2-17-13(16)9-5-6-15-12-4-3-11(14)8-10(12)7-9/h3-4,7-8,15H,2,5-6H2,1H3. The lowest BCUT2D eigenvalue weighted by atomic mass is 10.1. The minimum Gasteiger partial charge on any atom is -0.463 e. The SMILES string of the molecule is CCOC(=O)C1=Cc2cc(Br)ccc2NCC1. The molecule has 1 aromatic rings. The fourth-order valence-electron chi connectivity index (χ4n) is 1.79. The largest absolute Gasteiger partial charge is 0.463 e. The topological polar surface area (TPSA) is 38.3 Å². The zero-order chi connectivity index (χ0) is 12.3. The first kappa shape index (κ1) is 12.2. The maximum Gasteiger partial charge on any atom is 0.334 e. The van der Waals surface area contributed by atoms with E-state index in [4.69, 9.17) is 4.74 Å². The van der Waals surface area contributed by atoms with Gasteiger partial charge in [0.25, 0.3) is 0 Å². The molecule has 1 N–H and O–H groups in total. The van der Waals surface area contributed by atoms with Crippen molar-refractivity contribution in [1.29, 1.82) is 0 Å². The second kappa shape index (κ2) is 5.36. The molecule has 0 fully saturated rings. The third-order valence-electron chi connectivity index (χ3n) is 2.59. The highest BCUT2D eigenvalue weighted by Crippen LogP contribution is 2.26. The molecule has 4 heteroatoms. The van der Waals surface area contributed by atoms with Crippen LogP contribution in [0.5, 0.6) is 0 Å². The van der Waals surface area contributed by atoms with Crippen LogP contribution in [0, 0.1) is 0 Å². The predicted octanol–water partition coefficient (Wildman–Crippen LogP) is 3.21. The Bertz CT molecular complexity index is 468. The summed E-state index contributed by atoms with van der Waals surface area (Å²) in [5.74, 6) is -0.220. The van der Waals surface area contributed by atoms with Crippen LogP contribution in [0.3, 0.4) is 0 Å². The molecule has 0 aromatic heterocycles. The van der Waals surface area contributed by atoms with Crippen LogP contribution in [-0.4, -0.2) is 19.1 Å². The van der Waals surface area contributed by atoms with Crippen LogP contribution in [0.4, 0.5) is 5.69 Å². The third kappa shape index (κ3) is 2.88. The summed E-state index contributed by atoms with van der Waals surface area (Å²) in [6.45, 7) is 2.98. The van der Waals surface area contributed by atoms with Gasteiger partial charge in [-0.05, 0) is 43.2 Å². The first-order chi connectivity index (χ1) is 8.20. The lowest BCUT2D eigenvalue weighted by Gasteiger charge is -2.05. The Kier molecular flexibility index (Phi) is 3.84. The number of hydrogen-bond acceptors (Lipinski definition) is 3. The van der Waals surface area contributed by atoms with Gasteiger partial charge in [-0.25, -0.2) is 4.79 Å². The molecule has 1 aliphatic rings. The second-order valence-corrected chi connectivity index (χ2v) is 4.71. The number of benzene rings is 1. The van der Waals surface area contributed by atoms with E-state index >= 15 is 0 Å². The number of carbonyl (C=O) groups excluding carboxylic acids is 1. The van der Waals surface area contributed by atoms with Crippen LogP contribution in [-0.2, 0) is 9.53 Å². The average molecular weight is 296 g/mol. The monoisotopic (exact) mass is 295 g/mol. The van der Waals surface area contributed by atoms with Crippen molar-refractivity contribution in [2.45, 2.75) is 13.3 Å². The number of nitrogens with one attached hydrogen (secondary N) is 1. The summed E-state index contributed by atoms with van der Waals surface area (Å²) >= 11 is 3.43. The van der Waals surface area contributed by atoms with E-state index in [1.165, 1.54) is 0 Å². The van der Waals surface area contributed by atoms with Crippen molar-refractivity contribution in [3.05, 3.63) is 33.8 Å². The van der Waals surface area contributed by atoms with Gasteiger partial charge < -0.3 is 10.1 Å². The Morgan fingerprint density at radius 3 is 3.12 bits per heavy atom.